The number of imidazole rings is 1. The molecule has 0 spiro atoms. The molecule has 0 aliphatic heterocycles. The standard InChI is InChI=1S/C11H10Br2N4O/c1-17-4-9(15-5-17)11(18)16-10-7(12)2-6(14)3-8(10)13/h2-5H,14H2,1H3,(H,16,18). The lowest BCUT2D eigenvalue weighted by Crippen LogP contribution is -2.13. The van der Waals surface area contributed by atoms with Gasteiger partial charge in [0, 0.05) is 27.9 Å². The summed E-state index contributed by atoms with van der Waals surface area (Å²) in [5.41, 5.74) is 7.27. The molecule has 18 heavy (non-hydrogen) atoms. The summed E-state index contributed by atoms with van der Waals surface area (Å²) in [6, 6.07) is 3.44. The molecule has 0 fully saturated rings. The first-order valence-electron chi connectivity index (χ1n) is 5.01. The number of nitrogen functional groups attached to an aromatic ring is 1. The molecule has 0 aliphatic carbocycles. The fraction of sp³-hybridized carbons (Fsp3) is 0.0909. The third-order valence-electron chi connectivity index (χ3n) is 2.24. The highest BCUT2D eigenvalue weighted by atomic mass is 79.9. The van der Waals surface area contributed by atoms with E-state index in [1.165, 1.54) is 0 Å². The molecule has 0 saturated carbocycles. The van der Waals surface area contributed by atoms with Crippen LogP contribution in [-0.4, -0.2) is 15.5 Å². The molecule has 1 aromatic carbocycles. The van der Waals surface area contributed by atoms with Gasteiger partial charge in [-0.1, -0.05) is 0 Å². The van der Waals surface area contributed by atoms with Gasteiger partial charge in [0.1, 0.15) is 5.69 Å². The molecular weight excluding hydrogens is 364 g/mol. The predicted molar refractivity (Wildman–Crippen MR) is 77.4 cm³/mol. The number of nitrogens with two attached hydrogens (primary N) is 1. The van der Waals surface area contributed by atoms with Crippen molar-refractivity contribution < 1.29 is 4.79 Å². The van der Waals surface area contributed by atoms with E-state index in [2.05, 4.69) is 42.2 Å². The van der Waals surface area contributed by atoms with E-state index in [9.17, 15) is 4.79 Å². The second-order valence-electron chi connectivity index (χ2n) is 3.74. The summed E-state index contributed by atoms with van der Waals surface area (Å²) < 4.78 is 3.12. The van der Waals surface area contributed by atoms with Crippen LogP contribution in [0.2, 0.25) is 0 Å². The number of hydrogen-bond donors (Lipinski definition) is 2. The molecule has 0 radical (unpaired) electrons. The summed E-state index contributed by atoms with van der Waals surface area (Å²) in [4.78, 5) is 15.9. The molecule has 0 saturated heterocycles. The number of benzene rings is 1. The normalized spacial score (nSPS) is 10.4. The maximum absolute atomic E-state index is 12.0. The number of aromatic nitrogens is 2. The summed E-state index contributed by atoms with van der Waals surface area (Å²) >= 11 is 6.71. The van der Waals surface area contributed by atoms with Crippen molar-refractivity contribution in [1.29, 1.82) is 0 Å². The average molecular weight is 374 g/mol. The molecule has 5 nitrogen and oxygen atoms in total. The largest absolute Gasteiger partial charge is 0.399 e. The zero-order valence-electron chi connectivity index (χ0n) is 9.45. The van der Waals surface area contributed by atoms with Gasteiger partial charge in [0.05, 0.1) is 12.0 Å². The van der Waals surface area contributed by atoms with Crippen LogP contribution in [0.1, 0.15) is 10.5 Å². The number of halogens is 2. The minimum absolute atomic E-state index is 0.276. The quantitative estimate of drug-likeness (QED) is 0.795. The average Bonchev–Trinajstić information content (AvgIpc) is 2.70. The summed E-state index contributed by atoms with van der Waals surface area (Å²) in [7, 11) is 1.80. The highest BCUT2D eigenvalue weighted by Gasteiger charge is 2.13. The van der Waals surface area contributed by atoms with E-state index in [4.69, 9.17) is 5.73 Å². The van der Waals surface area contributed by atoms with Crippen molar-refractivity contribution in [3.05, 3.63) is 39.3 Å². The first-order valence-corrected chi connectivity index (χ1v) is 6.60. The molecule has 2 rings (SSSR count). The smallest absolute Gasteiger partial charge is 0.275 e. The summed E-state index contributed by atoms with van der Waals surface area (Å²) in [6.45, 7) is 0. The van der Waals surface area contributed by atoms with Crippen molar-refractivity contribution in [1.82, 2.24) is 9.55 Å². The van der Waals surface area contributed by atoms with Gasteiger partial charge >= 0.3 is 0 Å². The number of amides is 1. The Morgan fingerprint density at radius 3 is 2.50 bits per heavy atom. The summed E-state index contributed by atoms with van der Waals surface area (Å²) in [6.07, 6.45) is 3.22. The van der Waals surface area contributed by atoms with Gasteiger partial charge in [0.25, 0.3) is 5.91 Å². The van der Waals surface area contributed by atoms with Crippen LogP contribution in [0.4, 0.5) is 11.4 Å². The third kappa shape index (κ3) is 2.73. The lowest BCUT2D eigenvalue weighted by atomic mass is 10.3. The van der Waals surface area contributed by atoms with E-state index in [0.29, 0.717) is 26.0 Å². The number of nitrogens with zero attached hydrogens (tertiary/aromatic N) is 2. The molecular formula is C11H10Br2N4O. The molecule has 0 unspecified atom stereocenters. The molecule has 1 amide bonds. The summed E-state index contributed by atoms with van der Waals surface area (Å²) in [5, 5.41) is 2.77. The molecule has 3 N–H and O–H groups in total. The topological polar surface area (TPSA) is 72.9 Å². The maximum Gasteiger partial charge on any atom is 0.275 e. The van der Waals surface area contributed by atoms with Crippen LogP contribution in [0.3, 0.4) is 0 Å². The molecule has 94 valence electrons. The van der Waals surface area contributed by atoms with Crippen LogP contribution in [0, 0.1) is 0 Å². The van der Waals surface area contributed by atoms with Gasteiger partial charge in [0.15, 0.2) is 0 Å². The number of anilines is 2. The van der Waals surface area contributed by atoms with Crippen molar-refractivity contribution in [2.75, 3.05) is 11.1 Å². The monoisotopic (exact) mass is 372 g/mol. The van der Waals surface area contributed by atoms with Gasteiger partial charge in [-0.3, -0.25) is 4.79 Å². The second kappa shape index (κ2) is 5.11. The van der Waals surface area contributed by atoms with Crippen LogP contribution in [0.25, 0.3) is 0 Å². The number of rotatable bonds is 2. The van der Waals surface area contributed by atoms with Crippen molar-refractivity contribution in [2.24, 2.45) is 7.05 Å². The van der Waals surface area contributed by atoms with E-state index in [0.717, 1.165) is 0 Å². The molecule has 0 atom stereocenters. The lowest BCUT2D eigenvalue weighted by molar-refractivity contribution is 0.102. The van der Waals surface area contributed by atoms with Crippen LogP contribution < -0.4 is 11.1 Å². The van der Waals surface area contributed by atoms with Crippen LogP contribution in [-0.2, 0) is 7.05 Å². The molecule has 7 heteroatoms. The van der Waals surface area contributed by atoms with Crippen molar-refractivity contribution >= 4 is 49.1 Å². The first kappa shape index (κ1) is 13.1. The van der Waals surface area contributed by atoms with Crippen molar-refractivity contribution in [3.8, 4) is 0 Å². The minimum atomic E-state index is -0.276. The predicted octanol–water partition coefficient (Wildman–Crippen LogP) is 2.78. The van der Waals surface area contributed by atoms with Gasteiger partial charge in [-0.2, -0.15) is 0 Å². The van der Waals surface area contributed by atoms with E-state index >= 15 is 0 Å². The van der Waals surface area contributed by atoms with Crippen LogP contribution in [0.5, 0.6) is 0 Å². The van der Waals surface area contributed by atoms with Crippen molar-refractivity contribution in [3.63, 3.8) is 0 Å². The van der Waals surface area contributed by atoms with E-state index < -0.39 is 0 Å². The Morgan fingerprint density at radius 1 is 1.39 bits per heavy atom. The minimum Gasteiger partial charge on any atom is -0.399 e. The lowest BCUT2D eigenvalue weighted by Gasteiger charge is -2.09. The Bertz CT molecular complexity index is 586. The zero-order chi connectivity index (χ0) is 13.3. The molecule has 2 aromatic rings. The van der Waals surface area contributed by atoms with Crippen LogP contribution in [0.15, 0.2) is 33.6 Å². The highest BCUT2D eigenvalue weighted by Crippen LogP contribution is 2.33. The highest BCUT2D eigenvalue weighted by molar-refractivity contribution is 9.11. The van der Waals surface area contributed by atoms with Gasteiger partial charge in [-0.05, 0) is 44.0 Å². The van der Waals surface area contributed by atoms with Gasteiger partial charge in [-0.25, -0.2) is 4.98 Å². The first-order chi connectivity index (χ1) is 8.47. The summed E-state index contributed by atoms with van der Waals surface area (Å²) in [5.74, 6) is -0.276. The Hall–Kier alpha value is -1.34. The van der Waals surface area contributed by atoms with Crippen LogP contribution >= 0.6 is 31.9 Å². The number of carbonyl (C=O) groups is 1. The van der Waals surface area contributed by atoms with E-state index in [-0.39, 0.29) is 5.91 Å². The van der Waals surface area contributed by atoms with Crippen molar-refractivity contribution in [2.45, 2.75) is 0 Å². The molecule has 0 aliphatic rings. The molecule has 1 aromatic heterocycles. The Balaban J connectivity index is 2.27. The fourth-order valence-electron chi connectivity index (χ4n) is 1.42. The van der Waals surface area contributed by atoms with E-state index in [1.54, 1.807) is 36.3 Å². The Morgan fingerprint density at radius 2 is 2.00 bits per heavy atom. The molecule has 0 bridgehead atoms. The fourth-order valence-corrected chi connectivity index (χ4v) is 2.84. The Kier molecular flexibility index (Phi) is 3.72. The van der Waals surface area contributed by atoms with Gasteiger partial charge in [0.2, 0.25) is 0 Å². The number of nitrogens with one attached hydrogen (secondary N) is 1. The SMILES string of the molecule is Cn1cnc(C(=O)Nc2c(Br)cc(N)cc2Br)c1. The number of hydrogen-bond acceptors (Lipinski definition) is 3. The second-order valence-corrected chi connectivity index (χ2v) is 5.45. The number of aryl methyl sites for hydroxylation is 1. The van der Waals surface area contributed by atoms with E-state index in [1.807, 2.05) is 0 Å². The zero-order valence-corrected chi connectivity index (χ0v) is 12.6. The third-order valence-corrected chi connectivity index (χ3v) is 3.49. The van der Waals surface area contributed by atoms with Gasteiger partial charge in [-0.15, -0.1) is 0 Å². The maximum atomic E-state index is 12.0. The number of carbonyl (C=O) groups excluding carboxylic acids is 1. The Labute approximate surface area is 121 Å². The van der Waals surface area contributed by atoms with Gasteiger partial charge < -0.3 is 15.6 Å². The molecule has 1 heterocycles.